The van der Waals surface area contributed by atoms with Crippen LogP contribution < -0.4 is 41.0 Å². The van der Waals surface area contributed by atoms with Gasteiger partial charge in [0, 0.05) is 57.7 Å². The van der Waals surface area contributed by atoms with Gasteiger partial charge < -0.3 is 51.0 Å². The number of rotatable bonds is 19. The normalized spacial score (nSPS) is 20.0. The van der Waals surface area contributed by atoms with Gasteiger partial charge in [-0.1, -0.05) is 22.4 Å². The smallest absolute Gasteiger partial charge is 0.350 e. The number of β-lactam (4-membered cyclic amide) rings is 2. The second-order valence-electron chi connectivity index (χ2n) is 17.2. The lowest BCUT2D eigenvalue weighted by Gasteiger charge is -2.50. The fourth-order valence-electron chi connectivity index (χ4n) is 7.42. The number of pyridine rings is 2. The highest BCUT2D eigenvalue weighted by atomic mass is 32.2. The number of aromatic nitrogens is 4. The molecule has 0 radical (unpaired) electrons. The fraction of sp³-hybridized carbons (Fsp3) is 0.318. The summed E-state index contributed by atoms with van der Waals surface area (Å²) < 4.78 is 3.49. The molecule has 0 bridgehead atoms. The Balaban J connectivity index is 0.956. The number of thiazole rings is 2. The second kappa shape index (κ2) is 20.8. The summed E-state index contributed by atoms with van der Waals surface area (Å²) in [6.07, 6.45) is 6.96. The molecule has 6 N–H and O–H groups in total. The highest BCUT2D eigenvalue weighted by Gasteiger charge is 2.55. The minimum Gasteiger partial charge on any atom is -0.543 e. The molecule has 5 amide bonds. The lowest BCUT2D eigenvalue weighted by molar-refractivity contribution is -0.689. The molecule has 25 nitrogen and oxygen atoms in total. The monoisotopic (exact) mass is 1070 g/mol. The highest BCUT2D eigenvalue weighted by molar-refractivity contribution is 8.00. The van der Waals surface area contributed by atoms with Crippen LogP contribution in [0.3, 0.4) is 0 Å². The summed E-state index contributed by atoms with van der Waals surface area (Å²) in [6.45, 7) is 5.27. The number of hydrogen-bond donors (Lipinski definition) is 5. The minimum atomic E-state index is -1.96. The van der Waals surface area contributed by atoms with Gasteiger partial charge in [-0.3, -0.25) is 39.1 Å². The molecule has 29 heteroatoms. The predicted octanol–water partition coefficient (Wildman–Crippen LogP) is -2.31. The number of hydrogen-bond acceptors (Lipinski definition) is 21. The van der Waals surface area contributed by atoms with Gasteiger partial charge in [-0.05, 0) is 27.7 Å². The number of aliphatic carboxylic acids is 3. The summed E-state index contributed by atoms with van der Waals surface area (Å²) >= 11 is 4.20. The number of amides is 5. The van der Waals surface area contributed by atoms with Gasteiger partial charge in [0.1, 0.15) is 34.2 Å². The van der Waals surface area contributed by atoms with Crippen LogP contribution in [-0.2, 0) is 61.1 Å². The maximum atomic E-state index is 13.9. The number of nitrogen functional groups attached to an aromatic ring is 1. The average Bonchev–Trinajstić information content (AvgIpc) is 4.01. The summed E-state index contributed by atoms with van der Waals surface area (Å²) in [5, 5.41) is 50.7. The standard InChI is InChI=1S/C44H42N12O13S4/c1-43(2,68-51-25(23-19-72-41(45)46-23)31(57)48-27-33(59)55-29(37(61)62)21(17-70-35(27)55)15-53-11-7-5-8-12-53)39(65)50-42-47-24(20-73-42)26(52-69-44(3,4)40(66)67)32(58)49-28-34(60)56-30(38(63)64)22(18-71-36(28)56)16-54-13-9-6-10-14-54/h5-14,19-20,27-28,35-36H,15-18H2,1-4H3,(H6-2,45,46,47,48,49,50,57,58,61,62,63,64,65,66,67)/b51-25-,52-26-/t27-,28-,35-,36-/m1/s1. The van der Waals surface area contributed by atoms with Crippen molar-refractivity contribution in [1.82, 2.24) is 30.4 Å². The van der Waals surface area contributed by atoms with Crippen molar-refractivity contribution in [3.8, 4) is 0 Å². The summed E-state index contributed by atoms with van der Waals surface area (Å²) in [5.41, 5.74) is 0.861. The van der Waals surface area contributed by atoms with E-state index in [0.717, 1.165) is 32.5 Å². The van der Waals surface area contributed by atoms with Crippen molar-refractivity contribution in [2.24, 2.45) is 10.3 Å². The van der Waals surface area contributed by atoms with Crippen molar-refractivity contribution in [1.29, 1.82) is 0 Å². The number of carboxylic acid groups (broad SMARTS) is 3. The average molecular weight is 1080 g/mol. The van der Waals surface area contributed by atoms with Gasteiger partial charge in [0.25, 0.3) is 29.5 Å². The molecule has 8 rings (SSSR count). The Morgan fingerprint density at radius 3 is 1.59 bits per heavy atom. The molecule has 0 aliphatic carbocycles. The lowest BCUT2D eigenvalue weighted by Crippen LogP contribution is -2.71. The zero-order chi connectivity index (χ0) is 52.5. The van der Waals surface area contributed by atoms with Gasteiger partial charge in [-0.2, -0.15) is 0 Å². The van der Waals surface area contributed by atoms with E-state index in [1.165, 1.54) is 62.0 Å². The molecule has 0 saturated carbocycles. The van der Waals surface area contributed by atoms with E-state index in [4.69, 9.17) is 15.4 Å². The summed E-state index contributed by atoms with van der Waals surface area (Å²) in [6, 6.07) is 8.21. The fourth-order valence-corrected chi connectivity index (χ4v) is 11.3. The quantitative estimate of drug-likeness (QED) is 0.0285. The van der Waals surface area contributed by atoms with Gasteiger partial charge in [0.2, 0.25) is 11.2 Å². The number of fused-ring (bicyclic) bond motifs is 2. The molecule has 4 aliphatic rings. The van der Waals surface area contributed by atoms with Gasteiger partial charge in [0.15, 0.2) is 59.6 Å². The van der Waals surface area contributed by atoms with Crippen LogP contribution in [0, 0.1) is 0 Å². The van der Waals surface area contributed by atoms with E-state index < -0.39 is 92.9 Å². The van der Waals surface area contributed by atoms with E-state index >= 15 is 0 Å². The third kappa shape index (κ3) is 10.7. The molecule has 0 spiro atoms. The number of carbonyl (C=O) groups is 8. The molecule has 4 aromatic rings. The van der Waals surface area contributed by atoms with E-state index in [1.54, 1.807) is 70.3 Å². The van der Waals surface area contributed by atoms with Crippen LogP contribution in [0.4, 0.5) is 10.3 Å². The Labute approximate surface area is 429 Å². The van der Waals surface area contributed by atoms with Gasteiger partial charge in [0.05, 0.1) is 23.3 Å². The molecule has 0 aromatic carbocycles. The molecule has 2 fully saturated rings. The Morgan fingerprint density at radius 1 is 0.726 bits per heavy atom. The first-order valence-corrected chi connectivity index (χ1v) is 25.5. The number of nitrogens with one attached hydrogen (secondary N) is 3. The van der Waals surface area contributed by atoms with Crippen molar-refractivity contribution in [2.75, 3.05) is 22.6 Å². The predicted molar refractivity (Wildman–Crippen MR) is 256 cm³/mol. The topological polar surface area (TPSA) is 348 Å². The molecule has 380 valence electrons. The summed E-state index contributed by atoms with van der Waals surface area (Å²) in [4.78, 5) is 127. The number of nitrogens with zero attached hydrogens (tertiary/aromatic N) is 8. The molecule has 0 unspecified atom stereocenters. The largest absolute Gasteiger partial charge is 0.543 e. The van der Waals surface area contributed by atoms with Crippen LogP contribution in [0.1, 0.15) is 39.1 Å². The van der Waals surface area contributed by atoms with Crippen LogP contribution >= 0.6 is 46.2 Å². The Morgan fingerprint density at radius 2 is 1.16 bits per heavy atom. The Kier molecular flexibility index (Phi) is 14.7. The van der Waals surface area contributed by atoms with Gasteiger partial charge in [-0.15, -0.1) is 46.2 Å². The van der Waals surface area contributed by atoms with Crippen molar-refractivity contribution in [3.63, 3.8) is 0 Å². The maximum absolute atomic E-state index is 13.9. The first-order chi connectivity index (χ1) is 34.6. The molecular formula is C44H42N12O13S4. The number of oxime groups is 2. The van der Waals surface area contributed by atoms with Crippen LogP contribution in [0.25, 0.3) is 0 Å². The first kappa shape index (κ1) is 51.6. The third-order valence-electron chi connectivity index (χ3n) is 11.3. The maximum Gasteiger partial charge on any atom is 0.350 e. The number of carboxylic acids is 3. The van der Waals surface area contributed by atoms with E-state index in [1.807, 2.05) is 0 Å². The zero-order valence-electron chi connectivity index (χ0n) is 38.7. The molecule has 2 saturated heterocycles. The molecule has 73 heavy (non-hydrogen) atoms. The van der Waals surface area contributed by atoms with E-state index in [2.05, 4.69) is 36.2 Å². The number of thioether (sulfide) groups is 2. The molecule has 4 aliphatic heterocycles. The summed E-state index contributed by atoms with van der Waals surface area (Å²) in [7, 11) is 0. The summed E-state index contributed by atoms with van der Waals surface area (Å²) in [5.74, 6) is -8.55. The van der Waals surface area contributed by atoms with E-state index in [-0.39, 0.29) is 57.6 Å². The number of anilines is 2. The third-order valence-corrected chi connectivity index (χ3v) is 15.4. The van der Waals surface area contributed by atoms with Crippen molar-refractivity contribution in [2.45, 2.75) is 74.8 Å². The van der Waals surface area contributed by atoms with Crippen LogP contribution in [0.5, 0.6) is 0 Å². The SMILES string of the molecule is CC(C)(O/N=C(\C(=O)N[C@@H]1C(=O)N2C(C(=O)[O-])=C(C[n+]3ccccc3)CS[C@H]12)c1csc(NC(=O)C(C)(C)O/N=C(\C(=O)N[C@@H]2C(=O)N3C(C(=O)[O-])=C(C[n+]4ccccc4)CS[C@H]23)c2csc(N)n2)n1)C(=O)O. The van der Waals surface area contributed by atoms with Crippen molar-refractivity contribution < 1.29 is 72.5 Å². The highest BCUT2D eigenvalue weighted by Crippen LogP contribution is 2.41. The van der Waals surface area contributed by atoms with Crippen LogP contribution in [0.2, 0.25) is 0 Å². The molecule has 8 heterocycles. The second-order valence-corrected chi connectivity index (χ2v) is 21.2. The Hall–Kier alpha value is -7.76. The van der Waals surface area contributed by atoms with Gasteiger partial charge in [-0.25, -0.2) is 23.9 Å². The van der Waals surface area contributed by atoms with E-state index in [9.17, 15) is 53.7 Å². The van der Waals surface area contributed by atoms with Gasteiger partial charge >= 0.3 is 5.97 Å². The Bertz CT molecular complexity index is 3070. The van der Waals surface area contributed by atoms with E-state index in [0.29, 0.717) is 11.1 Å². The molecule has 4 aromatic heterocycles. The number of carbonyl (C=O) groups excluding carboxylic acids is 7. The zero-order valence-corrected chi connectivity index (χ0v) is 42.0. The van der Waals surface area contributed by atoms with Crippen molar-refractivity contribution in [3.05, 3.63) is 106 Å². The molecular weight excluding hydrogens is 1030 g/mol. The van der Waals surface area contributed by atoms with Crippen molar-refractivity contribution >= 4 is 115 Å². The first-order valence-electron chi connectivity index (χ1n) is 21.7. The van der Waals surface area contributed by atoms with Crippen LogP contribution in [-0.4, -0.2) is 129 Å². The minimum absolute atomic E-state index is 0.0467. The lowest BCUT2D eigenvalue weighted by atomic mass is 10.0. The molecule has 4 atom stereocenters. The van der Waals surface area contributed by atoms with Crippen LogP contribution in [0.15, 0.2) is 105 Å². The number of nitrogens with two attached hydrogens (primary N) is 1.